The summed E-state index contributed by atoms with van der Waals surface area (Å²) in [5.74, 6) is 0.426. The number of rotatable bonds is 8. The lowest BCUT2D eigenvalue weighted by Crippen LogP contribution is -2.27. The Balaban J connectivity index is 1.92. The predicted molar refractivity (Wildman–Crippen MR) is 115 cm³/mol. The van der Waals surface area contributed by atoms with Crippen LogP contribution >= 0.6 is 0 Å². The van der Waals surface area contributed by atoms with Crippen LogP contribution in [0.5, 0.6) is 17.2 Å². The number of methoxy groups -OCH3 is 1. The Bertz CT molecular complexity index is 1200. The van der Waals surface area contributed by atoms with Gasteiger partial charge in [0, 0.05) is 31.4 Å². The highest BCUT2D eigenvalue weighted by atomic mass is 32.2. The lowest BCUT2D eigenvalue weighted by molar-refractivity contribution is 0.411. The van der Waals surface area contributed by atoms with Gasteiger partial charge in [-0.3, -0.25) is 9.71 Å². The molecule has 0 aliphatic carbocycles. The minimum atomic E-state index is -3.76. The molecule has 2 heterocycles. The number of aromatic nitrogens is 2. The lowest BCUT2D eigenvalue weighted by Gasteiger charge is -2.16. The molecule has 0 bridgehead atoms. The summed E-state index contributed by atoms with van der Waals surface area (Å²) in [4.78, 5) is 8.27. The Kier molecular flexibility index (Phi) is 6.71. The van der Waals surface area contributed by atoms with Gasteiger partial charge in [-0.15, -0.1) is 0 Å². The fourth-order valence-corrected chi connectivity index (χ4v) is 3.45. The van der Waals surface area contributed by atoms with Crippen LogP contribution in [0.1, 0.15) is 22.3 Å². The number of benzene rings is 1. The van der Waals surface area contributed by atoms with E-state index in [0.717, 1.165) is 16.7 Å². The fourth-order valence-electron chi connectivity index (χ4n) is 2.95. The Morgan fingerprint density at radius 3 is 2.55 bits per heavy atom. The minimum Gasteiger partial charge on any atom is -0.493 e. The van der Waals surface area contributed by atoms with E-state index in [1.54, 1.807) is 31.3 Å². The maximum atomic E-state index is 14.2. The number of anilines is 1. The molecule has 0 spiro atoms. The molecule has 8 nitrogen and oxygen atoms in total. The van der Waals surface area contributed by atoms with Crippen molar-refractivity contribution in [3.05, 3.63) is 70.9 Å². The molecule has 0 aliphatic rings. The summed E-state index contributed by atoms with van der Waals surface area (Å²) in [6.07, 6.45) is 5.04. The molecule has 0 atom stereocenters. The van der Waals surface area contributed by atoms with Gasteiger partial charge in [0.25, 0.3) is 10.2 Å². The molecule has 3 aromatic rings. The Morgan fingerprint density at radius 1 is 1.10 bits per heavy atom. The van der Waals surface area contributed by atoms with E-state index in [9.17, 15) is 12.8 Å². The molecular formula is C21H23FN4O4S. The summed E-state index contributed by atoms with van der Waals surface area (Å²) < 4.78 is 53.6. The number of hydrogen-bond donors (Lipinski definition) is 2. The first-order chi connectivity index (χ1) is 14.7. The summed E-state index contributed by atoms with van der Waals surface area (Å²) >= 11 is 0. The summed E-state index contributed by atoms with van der Waals surface area (Å²) in [6, 6.07) is 6.46. The van der Waals surface area contributed by atoms with E-state index in [2.05, 4.69) is 19.4 Å². The summed E-state index contributed by atoms with van der Waals surface area (Å²) in [5.41, 5.74) is 3.06. The number of nitrogens with zero attached hydrogens (tertiary/aromatic N) is 2. The molecule has 1 aromatic carbocycles. The SMILES string of the molecule is CNS(=O)(=O)Nc1nccc(Cc2cncc(Oc3ccc(C)cc3F)c2C)c1OC. The Hall–Kier alpha value is -3.24. The highest BCUT2D eigenvalue weighted by Gasteiger charge is 2.18. The number of hydrogen-bond acceptors (Lipinski definition) is 6. The average molecular weight is 447 g/mol. The van der Waals surface area contributed by atoms with Crippen LogP contribution in [0, 0.1) is 19.7 Å². The number of nitrogens with one attached hydrogen (secondary N) is 2. The van der Waals surface area contributed by atoms with Crippen LogP contribution in [-0.4, -0.2) is 32.5 Å². The van der Waals surface area contributed by atoms with Gasteiger partial charge in [-0.1, -0.05) is 6.07 Å². The van der Waals surface area contributed by atoms with Gasteiger partial charge in [0.1, 0.15) is 5.75 Å². The zero-order valence-corrected chi connectivity index (χ0v) is 18.4. The third kappa shape index (κ3) is 5.28. The fraction of sp³-hybridized carbons (Fsp3) is 0.238. The third-order valence-electron chi connectivity index (χ3n) is 4.65. The maximum Gasteiger partial charge on any atom is 0.300 e. The molecule has 0 unspecified atom stereocenters. The molecule has 2 N–H and O–H groups in total. The van der Waals surface area contributed by atoms with E-state index in [4.69, 9.17) is 9.47 Å². The van der Waals surface area contributed by atoms with Gasteiger partial charge < -0.3 is 9.47 Å². The van der Waals surface area contributed by atoms with Crippen LogP contribution in [0.2, 0.25) is 0 Å². The molecule has 0 aliphatic heterocycles. The molecule has 3 rings (SSSR count). The van der Waals surface area contributed by atoms with Crippen LogP contribution in [0.4, 0.5) is 10.2 Å². The van der Waals surface area contributed by atoms with Crippen molar-refractivity contribution in [1.82, 2.24) is 14.7 Å². The van der Waals surface area contributed by atoms with Crippen LogP contribution in [0.25, 0.3) is 0 Å². The van der Waals surface area contributed by atoms with E-state index in [1.165, 1.54) is 32.6 Å². The Morgan fingerprint density at radius 2 is 1.87 bits per heavy atom. The van der Waals surface area contributed by atoms with Crippen molar-refractivity contribution in [2.75, 3.05) is 18.9 Å². The maximum absolute atomic E-state index is 14.2. The normalized spacial score (nSPS) is 11.3. The van der Waals surface area contributed by atoms with E-state index in [1.807, 2.05) is 6.92 Å². The van der Waals surface area contributed by atoms with E-state index in [-0.39, 0.29) is 17.3 Å². The first kappa shape index (κ1) is 22.4. The van der Waals surface area contributed by atoms with Gasteiger partial charge in [-0.05, 0) is 48.7 Å². The van der Waals surface area contributed by atoms with Gasteiger partial charge in [0.2, 0.25) is 0 Å². The first-order valence-corrected chi connectivity index (χ1v) is 10.8. The minimum absolute atomic E-state index is 0.0640. The number of ether oxygens (including phenoxy) is 2. The largest absolute Gasteiger partial charge is 0.493 e. The lowest BCUT2D eigenvalue weighted by atomic mass is 10.0. The van der Waals surface area contributed by atoms with Gasteiger partial charge in [0.05, 0.1) is 13.3 Å². The second-order valence-corrected chi connectivity index (χ2v) is 8.42. The van der Waals surface area contributed by atoms with Crippen LogP contribution < -0.4 is 18.9 Å². The number of aryl methyl sites for hydroxylation is 1. The second kappa shape index (κ2) is 9.27. The highest BCUT2D eigenvalue weighted by molar-refractivity contribution is 7.90. The molecule has 0 radical (unpaired) electrons. The summed E-state index contributed by atoms with van der Waals surface area (Å²) in [7, 11) is -1.04. The van der Waals surface area contributed by atoms with Crippen LogP contribution in [-0.2, 0) is 16.6 Å². The highest BCUT2D eigenvalue weighted by Crippen LogP contribution is 2.33. The standard InChI is InChI=1S/C21H23FN4O4S/c1-13-5-6-18(17(22)9-13)30-19-12-24-11-16(14(19)2)10-15-7-8-25-21(20(15)29-4)26-31(27,28)23-3/h5-9,11-12,23H,10H2,1-4H3,(H,25,26). The first-order valence-electron chi connectivity index (χ1n) is 9.34. The quantitative estimate of drug-likeness (QED) is 0.549. The average Bonchev–Trinajstić information content (AvgIpc) is 2.73. The number of halogens is 1. The molecule has 0 amide bonds. The van der Waals surface area contributed by atoms with Crippen molar-refractivity contribution < 1.29 is 22.3 Å². The van der Waals surface area contributed by atoms with Gasteiger partial charge in [0.15, 0.2) is 23.1 Å². The Labute approximate surface area is 180 Å². The second-order valence-electron chi connectivity index (χ2n) is 6.80. The molecule has 0 saturated carbocycles. The van der Waals surface area contributed by atoms with Crippen LogP contribution in [0.15, 0.2) is 42.9 Å². The van der Waals surface area contributed by atoms with Crippen molar-refractivity contribution >= 4 is 16.0 Å². The summed E-state index contributed by atoms with van der Waals surface area (Å²) in [6.45, 7) is 3.64. The molecular weight excluding hydrogens is 423 g/mol. The van der Waals surface area contributed by atoms with Crippen molar-refractivity contribution in [2.45, 2.75) is 20.3 Å². The summed E-state index contributed by atoms with van der Waals surface area (Å²) in [5, 5.41) is 0. The number of pyridine rings is 2. The molecule has 0 saturated heterocycles. The smallest absolute Gasteiger partial charge is 0.300 e. The molecule has 31 heavy (non-hydrogen) atoms. The topological polar surface area (TPSA) is 102 Å². The molecule has 2 aromatic heterocycles. The van der Waals surface area contributed by atoms with E-state index >= 15 is 0 Å². The van der Waals surface area contributed by atoms with E-state index in [0.29, 0.717) is 17.7 Å². The van der Waals surface area contributed by atoms with E-state index < -0.39 is 16.0 Å². The monoisotopic (exact) mass is 446 g/mol. The predicted octanol–water partition coefficient (Wildman–Crippen LogP) is 3.50. The van der Waals surface area contributed by atoms with Gasteiger partial charge in [-0.25, -0.2) is 14.1 Å². The zero-order chi connectivity index (χ0) is 22.6. The van der Waals surface area contributed by atoms with Crippen molar-refractivity contribution in [3.8, 4) is 17.2 Å². The van der Waals surface area contributed by atoms with Crippen LogP contribution in [0.3, 0.4) is 0 Å². The van der Waals surface area contributed by atoms with Crippen molar-refractivity contribution in [3.63, 3.8) is 0 Å². The molecule has 0 fully saturated rings. The van der Waals surface area contributed by atoms with Crippen molar-refractivity contribution in [2.24, 2.45) is 0 Å². The molecule has 10 heteroatoms. The van der Waals surface area contributed by atoms with Crippen molar-refractivity contribution in [1.29, 1.82) is 0 Å². The molecule has 164 valence electrons. The van der Waals surface area contributed by atoms with Gasteiger partial charge >= 0.3 is 0 Å². The zero-order valence-electron chi connectivity index (χ0n) is 17.6. The third-order valence-corrected chi connectivity index (χ3v) is 5.65. The van der Waals surface area contributed by atoms with Gasteiger partial charge in [-0.2, -0.15) is 8.42 Å².